The fourth-order valence-electron chi connectivity index (χ4n) is 1.97. The van der Waals surface area contributed by atoms with Crippen LogP contribution in [0.2, 0.25) is 5.02 Å². The van der Waals surface area contributed by atoms with Crippen LogP contribution in [0.1, 0.15) is 12.5 Å². The number of nitrogens with zero attached hydrogens (tertiary/aromatic N) is 1. The zero-order valence-electron chi connectivity index (χ0n) is 9.32. The van der Waals surface area contributed by atoms with E-state index >= 15 is 0 Å². The van der Waals surface area contributed by atoms with E-state index in [1.165, 1.54) is 0 Å². The summed E-state index contributed by atoms with van der Waals surface area (Å²) in [6.07, 6.45) is 0. The third kappa shape index (κ3) is 2.32. The molecule has 0 spiro atoms. The highest BCUT2D eigenvalue weighted by molar-refractivity contribution is 6.33. The van der Waals surface area contributed by atoms with Gasteiger partial charge < -0.3 is 14.7 Å². The van der Waals surface area contributed by atoms with Gasteiger partial charge in [0, 0.05) is 12.6 Å². The largest absolute Gasteiger partial charge is 0.392 e. The Labute approximate surface area is 101 Å². The van der Waals surface area contributed by atoms with Gasteiger partial charge in [-0.15, -0.1) is 0 Å². The molecular formula is C12H16ClNO2. The number of hydrogen-bond donors (Lipinski definition) is 1. The fraction of sp³-hybridized carbons (Fsp3) is 0.500. The van der Waals surface area contributed by atoms with Crippen LogP contribution in [-0.2, 0) is 11.3 Å². The zero-order valence-corrected chi connectivity index (χ0v) is 10.1. The van der Waals surface area contributed by atoms with Crippen LogP contribution in [0.25, 0.3) is 0 Å². The number of hydrogen-bond acceptors (Lipinski definition) is 3. The molecule has 1 saturated heterocycles. The van der Waals surface area contributed by atoms with Crippen molar-refractivity contribution in [3.05, 3.63) is 28.8 Å². The molecule has 2 rings (SSSR count). The number of rotatable bonds is 2. The van der Waals surface area contributed by atoms with Crippen LogP contribution in [0.3, 0.4) is 0 Å². The summed E-state index contributed by atoms with van der Waals surface area (Å²) in [5, 5.41) is 9.72. The number of ether oxygens (including phenoxy) is 1. The third-order valence-electron chi connectivity index (χ3n) is 2.87. The summed E-state index contributed by atoms with van der Waals surface area (Å²) in [5.41, 5.74) is 1.87. The van der Waals surface area contributed by atoms with Crippen molar-refractivity contribution in [2.45, 2.75) is 19.6 Å². The average Bonchev–Trinajstić information content (AvgIpc) is 2.30. The summed E-state index contributed by atoms with van der Waals surface area (Å²) >= 11 is 6.21. The fourth-order valence-corrected chi connectivity index (χ4v) is 2.28. The predicted octanol–water partition coefficient (Wildman–Crippen LogP) is 2.06. The number of benzene rings is 1. The Morgan fingerprint density at radius 1 is 1.56 bits per heavy atom. The van der Waals surface area contributed by atoms with E-state index in [0.29, 0.717) is 11.1 Å². The van der Waals surface area contributed by atoms with Crippen molar-refractivity contribution in [3.63, 3.8) is 0 Å². The summed E-state index contributed by atoms with van der Waals surface area (Å²) in [6.45, 7) is 4.48. The summed E-state index contributed by atoms with van der Waals surface area (Å²) in [4.78, 5) is 2.24. The van der Waals surface area contributed by atoms with E-state index in [4.69, 9.17) is 21.4 Å². The molecule has 1 fully saturated rings. The third-order valence-corrected chi connectivity index (χ3v) is 3.17. The van der Waals surface area contributed by atoms with Crippen molar-refractivity contribution >= 4 is 17.3 Å². The van der Waals surface area contributed by atoms with Crippen molar-refractivity contribution in [2.24, 2.45) is 0 Å². The van der Waals surface area contributed by atoms with Gasteiger partial charge in [-0.2, -0.15) is 0 Å². The van der Waals surface area contributed by atoms with Gasteiger partial charge in [0.2, 0.25) is 0 Å². The molecule has 1 aromatic rings. The summed E-state index contributed by atoms with van der Waals surface area (Å²) < 4.78 is 5.39. The lowest BCUT2D eigenvalue weighted by Crippen LogP contribution is -2.43. The first-order valence-corrected chi connectivity index (χ1v) is 5.84. The first-order chi connectivity index (χ1) is 7.72. The Kier molecular flexibility index (Phi) is 3.69. The van der Waals surface area contributed by atoms with Gasteiger partial charge in [0.15, 0.2) is 0 Å². The maximum atomic E-state index is 9.02. The molecule has 0 amide bonds. The monoisotopic (exact) mass is 241 g/mol. The van der Waals surface area contributed by atoms with Crippen LogP contribution >= 0.6 is 11.6 Å². The van der Waals surface area contributed by atoms with Crippen LogP contribution in [0, 0.1) is 0 Å². The second-order valence-corrected chi connectivity index (χ2v) is 4.47. The lowest BCUT2D eigenvalue weighted by atomic mass is 10.1. The van der Waals surface area contributed by atoms with Gasteiger partial charge in [-0.25, -0.2) is 0 Å². The molecule has 0 aliphatic carbocycles. The second kappa shape index (κ2) is 5.04. The van der Waals surface area contributed by atoms with Crippen molar-refractivity contribution in [1.29, 1.82) is 0 Å². The Morgan fingerprint density at radius 3 is 3.00 bits per heavy atom. The summed E-state index contributed by atoms with van der Waals surface area (Å²) in [5.74, 6) is 0. The molecule has 1 N–H and O–H groups in total. The van der Waals surface area contributed by atoms with Crippen LogP contribution in [-0.4, -0.2) is 30.9 Å². The molecule has 0 bridgehead atoms. The first kappa shape index (κ1) is 11.7. The molecule has 1 heterocycles. The molecule has 1 atom stereocenters. The number of aliphatic hydroxyl groups is 1. The van der Waals surface area contributed by atoms with Crippen LogP contribution < -0.4 is 4.90 Å². The van der Waals surface area contributed by atoms with Crippen LogP contribution in [0.5, 0.6) is 0 Å². The van der Waals surface area contributed by atoms with E-state index in [0.717, 1.165) is 31.0 Å². The number of aliphatic hydroxyl groups excluding tert-OH is 1. The molecule has 1 aromatic carbocycles. The number of anilines is 1. The van der Waals surface area contributed by atoms with Gasteiger partial charge in [-0.05, 0) is 24.6 Å². The second-order valence-electron chi connectivity index (χ2n) is 4.06. The normalized spacial score (nSPS) is 21.2. The molecule has 1 unspecified atom stereocenters. The molecule has 1 aliphatic heterocycles. The minimum atomic E-state index is 0.0265. The van der Waals surface area contributed by atoms with Crippen molar-refractivity contribution in [1.82, 2.24) is 0 Å². The Morgan fingerprint density at radius 2 is 2.38 bits per heavy atom. The van der Waals surface area contributed by atoms with Crippen molar-refractivity contribution < 1.29 is 9.84 Å². The standard InChI is InChI=1S/C12H16ClNO2/c1-9-8-16-5-4-14(9)12-3-2-10(7-15)6-11(12)13/h2-3,6,9,15H,4-5,7-8H2,1H3. The number of halogens is 1. The zero-order chi connectivity index (χ0) is 11.5. The van der Waals surface area contributed by atoms with E-state index < -0.39 is 0 Å². The quantitative estimate of drug-likeness (QED) is 0.860. The van der Waals surface area contributed by atoms with Crippen molar-refractivity contribution in [3.8, 4) is 0 Å². The Balaban J connectivity index is 2.25. The smallest absolute Gasteiger partial charge is 0.0682 e. The molecule has 0 aromatic heterocycles. The highest BCUT2D eigenvalue weighted by atomic mass is 35.5. The van der Waals surface area contributed by atoms with Crippen molar-refractivity contribution in [2.75, 3.05) is 24.7 Å². The van der Waals surface area contributed by atoms with E-state index in [9.17, 15) is 0 Å². The maximum Gasteiger partial charge on any atom is 0.0682 e. The Hall–Kier alpha value is -0.770. The van der Waals surface area contributed by atoms with Gasteiger partial charge in [0.25, 0.3) is 0 Å². The molecule has 16 heavy (non-hydrogen) atoms. The molecule has 0 radical (unpaired) electrons. The minimum absolute atomic E-state index is 0.0265. The molecular weight excluding hydrogens is 226 g/mol. The molecule has 4 heteroatoms. The topological polar surface area (TPSA) is 32.7 Å². The predicted molar refractivity (Wildman–Crippen MR) is 65.0 cm³/mol. The van der Waals surface area contributed by atoms with E-state index in [2.05, 4.69) is 11.8 Å². The van der Waals surface area contributed by atoms with E-state index in [1.807, 2.05) is 18.2 Å². The molecule has 88 valence electrons. The lowest BCUT2D eigenvalue weighted by Gasteiger charge is -2.35. The molecule has 3 nitrogen and oxygen atoms in total. The van der Waals surface area contributed by atoms with Gasteiger partial charge in [-0.1, -0.05) is 17.7 Å². The van der Waals surface area contributed by atoms with Crippen LogP contribution in [0.15, 0.2) is 18.2 Å². The van der Waals surface area contributed by atoms with Gasteiger partial charge in [-0.3, -0.25) is 0 Å². The summed E-state index contributed by atoms with van der Waals surface area (Å²) in [7, 11) is 0. The molecule has 0 saturated carbocycles. The minimum Gasteiger partial charge on any atom is -0.392 e. The van der Waals surface area contributed by atoms with E-state index in [-0.39, 0.29) is 6.61 Å². The lowest BCUT2D eigenvalue weighted by molar-refractivity contribution is 0.0989. The Bertz CT molecular complexity index is 370. The number of morpholine rings is 1. The van der Waals surface area contributed by atoms with E-state index in [1.54, 1.807) is 0 Å². The van der Waals surface area contributed by atoms with Gasteiger partial charge >= 0.3 is 0 Å². The summed E-state index contributed by atoms with van der Waals surface area (Å²) in [6, 6.07) is 6.03. The van der Waals surface area contributed by atoms with Gasteiger partial charge in [0.05, 0.1) is 30.5 Å². The van der Waals surface area contributed by atoms with Gasteiger partial charge in [0.1, 0.15) is 0 Å². The van der Waals surface area contributed by atoms with Crippen LogP contribution in [0.4, 0.5) is 5.69 Å². The molecule has 1 aliphatic rings. The SMILES string of the molecule is CC1COCCN1c1ccc(CO)cc1Cl. The maximum absolute atomic E-state index is 9.02. The average molecular weight is 242 g/mol. The first-order valence-electron chi connectivity index (χ1n) is 5.46. The highest BCUT2D eigenvalue weighted by Crippen LogP contribution is 2.29. The highest BCUT2D eigenvalue weighted by Gasteiger charge is 2.20.